The molecule has 1 unspecified atom stereocenters. The van der Waals surface area contributed by atoms with Gasteiger partial charge in [0.1, 0.15) is 18.1 Å². The first-order valence-electron chi connectivity index (χ1n) is 9.13. The summed E-state index contributed by atoms with van der Waals surface area (Å²) >= 11 is 0. The molecule has 0 saturated heterocycles. The SMILES string of the molecule is CCNC(=NCc1ncc(C(C)(C)C)o1)NCC(O)c1cccc(OC)c1. The monoisotopic (exact) mass is 374 g/mol. The molecule has 0 aliphatic heterocycles. The van der Waals surface area contributed by atoms with E-state index in [0.717, 1.165) is 11.3 Å². The fourth-order valence-electron chi connectivity index (χ4n) is 2.38. The van der Waals surface area contributed by atoms with Crippen LogP contribution in [0, 0.1) is 0 Å². The summed E-state index contributed by atoms with van der Waals surface area (Å²) in [4.78, 5) is 8.76. The molecule has 2 aromatic rings. The predicted octanol–water partition coefficient (Wildman–Crippen LogP) is 2.77. The highest BCUT2D eigenvalue weighted by atomic mass is 16.5. The van der Waals surface area contributed by atoms with Crippen LogP contribution in [0.25, 0.3) is 0 Å². The standard InChI is InChI=1S/C20H30N4O3/c1-6-21-19(24-13-18-22-12-17(27-18)20(2,3)4)23-11-16(25)14-8-7-9-15(10-14)26-5/h7-10,12,16,25H,6,11,13H2,1-5H3,(H2,21,23,24). The lowest BCUT2D eigenvalue weighted by Crippen LogP contribution is -2.39. The second kappa shape index (κ2) is 9.41. The number of hydrogen-bond acceptors (Lipinski definition) is 5. The number of nitrogens with one attached hydrogen (secondary N) is 2. The number of benzene rings is 1. The molecule has 1 aromatic heterocycles. The van der Waals surface area contributed by atoms with Crippen molar-refractivity contribution in [3.05, 3.63) is 47.7 Å². The summed E-state index contributed by atoms with van der Waals surface area (Å²) < 4.78 is 11.0. The molecule has 0 radical (unpaired) electrons. The molecule has 0 fully saturated rings. The van der Waals surface area contributed by atoms with Gasteiger partial charge >= 0.3 is 0 Å². The fraction of sp³-hybridized carbons (Fsp3) is 0.500. The van der Waals surface area contributed by atoms with Gasteiger partial charge < -0.3 is 24.9 Å². The van der Waals surface area contributed by atoms with Crippen LogP contribution in [-0.2, 0) is 12.0 Å². The van der Waals surface area contributed by atoms with E-state index in [-0.39, 0.29) is 5.41 Å². The van der Waals surface area contributed by atoms with Crippen molar-refractivity contribution < 1.29 is 14.3 Å². The van der Waals surface area contributed by atoms with Gasteiger partial charge in [-0.1, -0.05) is 32.9 Å². The Hall–Kier alpha value is -2.54. The quantitative estimate of drug-likeness (QED) is 0.510. The molecule has 0 spiro atoms. The van der Waals surface area contributed by atoms with Crippen LogP contribution in [0.1, 0.15) is 51.0 Å². The highest BCUT2D eigenvalue weighted by molar-refractivity contribution is 5.79. The van der Waals surface area contributed by atoms with Crippen molar-refractivity contribution in [2.75, 3.05) is 20.2 Å². The number of ether oxygens (including phenoxy) is 1. The summed E-state index contributed by atoms with van der Waals surface area (Å²) in [5.41, 5.74) is 0.693. The van der Waals surface area contributed by atoms with Crippen LogP contribution in [0.3, 0.4) is 0 Å². The number of oxazole rings is 1. The zero-order valence-corrected chi connectivity index (χ0v) is 16.7. The van der Waals surface area contributed by atoms with Crippen LogP contribution in [0.5, 0.6) is 5.75 Å². The van der Waals surface area contributed by atoms with E-state index in [1.807, 2.05) is 31.2 Å². The third-order valence-electron chi connectivity index (χ3n) is 3.95. The molecule has 0 bridgehead atoms. The Morgan fingerprint density at radius 2 is 2.11 bits per heavy atom. The van der Waals surface area contributed by atoms with E-state index >= 15 is 0 Å². The molecule has 7 nitrogen and oxygen atoms in total. The molecule has 148 valence electrons. The molecule has 1 aromatic carbocycles. The summed E-state index contributed by atoms with van der Waals surface area (Å²) in [6.45, 7) is 9.56. The number of aliphatic hydroxyl groups is 1. The molecule has 27 heavy (non-hydrogen) atoms. The molecule has 0 aliphatic rings. The van der Waals surface area contributed by atoms with Gasteiger partial charge in [-0.2, -0.15) is 0 Å². The number of rotatable bonds is 7. The lowest BCUT2D eigenvalue weighted by atomic mass is 9.94. The van der Waals surface area contributed by atoms with Crippen molar-refractivity contribution in [1.29, 1.82) is 0 Å². The fourth-order valence-corrected chi connectivity index (χ4v) is 2.38. The highest BCUT2D eigenvalue weighted by Crippen LogP contribution is 2.23. The molecule has 0 saturated carbocycles. The summed E-state index contributed by atoms with van der Waals surface area (Å²) in [5.74, 6) is 2.70. The minimum absolute atomic E-state index is 0.0848. The largest absolute Gasteiger partial charge is 0.497 e. The number of guanidine groups is 1. The van der Waals surface area contributed by atoms with E-state index in [9.17, 15) is 5.11 Å². The van der Waals surface area contributed by atoms with Crippen LogP contribution in [-0.4, -0.2) is 36.2 Å². The van der Waals surface area contributed by atoms with Gasteiger partial charge in [-0.05, 0) is 24.6 Å². The van der Waals surface area contributed by atoms with Crippen LogP contribution in [0.15, 0.2) is 39.9 Å². The average Bonchev–Trinajstić information content (AvgIpc) is 3.13. The lowest BCUT2D eigenvalue weighted by Gasteiger charge is -2.16. The van der Waals surface area contributed by atoms with Gasteiger partial charge in [-0.15, -0.1) is 0 Å². The third kappa shape index (κ3) is 6.29. The number of nitrogens with zero attached hydrogens (tertiary/aromatic N) is 2. The van der Waals surface area contributed by atoms with Gasteiger partial charge in [0.2, 0.25) is 5.89 Å². The van der Waals surface area contributed by atoms with Crippen molar-refractivity contribution in [3.8, 4) is 5.75 Å². The summed E-state index contributed by atoms with van der Waals surface area (Å²) in [5, 5.41) is 16.7. The van der Waals surface area contributed by atoms with Gasteiger partial charge in [0, 0.05) is 18.5 Å². The Labute approximate surface area is 160 Å². The number of methoxy groups -OCH3 is 1. The van der Waals surface area contributed by atoms with E-state index < -0.39 is 6.10 Å². The van der Waals surface area contributed by atoms with Gasteiger partial charge in [0.25, 0.3) is 0 Å². The van der Waals surface area contributed by atoms with Crippen molar-refractivity contribution in [1.82, 2.24) is 15.6 Å². The van der Waals surface area contributed by atoms with Crippen LogP contribution in [0.4, 0.5) is 0 Å². The maximum Gasteiger partial charge on any atom is 0.216 e. The van der Waals surface area contributed by atoms with Crippen molar-refractivity contribution >= 4 is 5.96 Å². The normalized spacial score (nSPS) is 13.3. The van der Waals surface area contributed by atoms with E-state index in [4.69, 9.17) is 9.15 Å². The predicted molar refractivity (Wildman–Crippen MR) is 106 cm³/mol. The lowest BCUT2D eigenvalue weighted by molar-refractivity contribution is 0.180. The second-order valence-corrected chi connectivity index (χ2v) is 7.24. The first-order valence-corrected chi connectivity index (χ1v) is 9.13. The van der Waals surface area contributed by atoms with Gasteiger partial charge in [0.05, 0.1) is 19.4 Å². The molecule has 1 heterocycles. The first kappa shape index (κ1) is 20.8. The Balaban J connectivity index is 1.97. The maximum atomic E-state index is 10.4. The Morgan fingerprint density at radius 3 is 2.74 bits per heavy atom. The van der Waals surface area contributed by atoms with E-state index in [1.54, 1.807) is 13.3 Å². The Bertz CT molecular complexity index is 750. The third-order valence-corrected chi connectivity index (χ3v) is 3.95. The zero-order chi connectivity index (χ0) is 19.9. The van der Waals surface area contributed by atoms with E-state index in [2.05, 4.69) is 41.4 Å². The zero-order valence-electron chi connectivity index (χ0n) is 16.7. The van der Waals surface area contributed by atoms with Crippen molar-refractivity contribution in [2.45, 2.75) is 45.8 Å². The topological polar surface area (TPSA) is 91.9 Å². The minimum Gasteiger partial charge on any atom is -0.497 e. The number of aliphatic hydroxyl groups excluding tert-OH is 1. The minimum atomic E-state index is -0.682. The van der Waals surface area contributed by atoms with Crippen LogP contribution >= 0.6 is 0 Å². The molecular formula is C20H30N4O3. The van der Waals surface area contributed by atoms with Crippen molar-refractivity contribution in [3.63, 3.8) is 0 Å². The molecule has 0 amide bonds. The second-order valence-electron chi connectivity index (χ2n) is 7.24. The summed E-state index contributed by atoms with van der Waals surface area (Å²) in [6.07, 6.45) is 1.07. The van der Waals surface area contributed by atoms with Gasteiger partial charge in [0.15, 0.2) is 5.96 Å². The number of aromatic nitrogens is 1. The Kier molecular flexibility index (Phi) is 7.24. The molecule has 3 N–H and O–H groups in total. The van der Waals surface area contributed by atoms with Crippen LogP contribution in [0.2, 0.25) is 0 Å². The van der Waals surface area contributed by atoms with Gasteiger partial charge in [-0.25, -0.2) is 9.98 Å². The smallest absolute Gasteiger partial charge is 0.216 e. The number of aliphatic imine (C=N–C) groups is 1. The molecule has 7 heteroatoms. The van der Waals surface area contributed by atoms with Crippen LogP contribution < -0.4 is 15.4 Å². The number of hydrogen-bond donors (Lipinski definition) is 3. The first-order chi connectivity index (χ1) is 12.8. The van der Waals surface area contributed by atoms with E-state index in [0.29, 0.717) is 37.2 Å². The highest BCUT2D eigenvalue weighted by Gasteiger charge is 2.19. The van der Waals surface area contributed by atoms with E-state index in [1.165, 1.54) is 0 Å². The molecule has 0 aliphatic carbocycles. The Morgan fingerprint density at radius 1 is 1.33 bits per heavy atom. The molecular weight excluding hydrogens is 344 g/mol. The maximum absolute atomic E-state index is 10.4. The summed E-state index contributed by atoms with van der Waals surface area (Å²) in [6, 6.07) is 7.38. The average molecular weight is 374 g/mol. The summed E-state index contributed by atoms with van der Waals surface area (Å²) in [7, 11) is 1.60. The molecule has 1 atom stereocenters. The van der Waals surface area contributed by atoms with Gasteiger partial charge in [-0.3, -0.25) is 0 Å². The van der Waals surface area contributed by atoms with Crippen molar-refractivity contribution in [2.24, 2.45) is 4.99 Å². The molecule has 2 rings (SSSR count).